The van der Waals surface area contributed by atoms with Gasteiger partial charge in [-0.15, -0.1) is 0 Å². The molecule has 2 N–H and O–H groups in total. The highest BCUT2D eigenvalue weighted by molar-refractivity contribution is 6.30. The fraction of sp³-hybridized carbons (Fsp3) is 0.176. The Labute approximate surface area is 150 Å². The Kier molecular flexibility index (Phi) is 4.95. The molecule has 0 amide bonds. The molecule has 3 rings (SSSR count). The van der Waals surface area contributed by atoms with Crippen molar-refractivity contribution in [2.75, 3.05) is 24.3 Å². The molecule has 0 radical (unpaired) electrons. The van der Waals surface area contributed by atoms with Crippen molar-refractivity contribution in [1.29, 1.82) is 0 Å². The third-order valence-corrected chi connectivity index (χ3v) is 3.50. The van der Waals surface area contributed by atoms with Crippen LogP contribution in [0.5, 0.6) is 0 Å². The second-order valence-corrected chi connectivity index (χ2v) is 6.10. The Morgan fingerprint density at radius 2 is 1.96 bits per heavy atom. The molecular weight excluding hydrogens is 338 g/mol. The van der Waals surface area contributed by atoms with E-state index in [9.17, 15) is 0 Å². The lowest BCUT2D eigenvalue weighted by molar-refractivity contribution is 0.948. The summed E-state index contributed by atoms with van der Waals surface area (Å²) in [6.07, 6.45) is 3.73. The van der Waals surface area contributed by atoms with Crippen molar-refractivity contribution in [1.82, 2.24) is 25.1 Å². The van der Waals surface area contributed by atoms with Crippen LogP contribution in [0.3, 0.4) is 0 Å². The number of benzene rings is 1. The lowest BCUT2D eigenvalue weighted by Crippen LogP contribution is -2.15. The summed E-state index contributed by atoms with van der Waals surface area (Å²) in [5.41, 5.74) is 1.92. The van der Waals surface area contributed by atoms with Crippen LogP contribution in [0.15, 0.2) is 30.3 Å². The van der Waals surface area contributed by atoms with Gasteiger partial charge in [0.25, 0.3) is 0 Å². The fourth-order valence-corrected chi connectivity index (χ4v) is 2.29. The van der Waals surface area contributed by atoms with E-state index < -0.39 is 0 Å². The van der Waals surface area contributed by atoms with E-state index in [0.717, 1.165) is 11.3 Å². The van der Waals surface area contributed by atoms with E-state index >= 15 is 0 Å². The van der Waals surface area contributed by atoms with Gasteiger partial charge in [0.2, 0.25) is 11.9 Å². The first-order valence-electron chi connectivity index (χ1n) is 7.66. The van der Waals surface area contributed by atoms with Crippen LogP contribution in [0.4, 0.5) is 17.7 Å². The second-order valence-electron chi connectivity index (χ2n) is 5.66. The van der Waals surface area contributed by atoms with Crippen LogP contribution < -0.4 is 10.2 Å². The van der Waals surface area contributed by atoms with E-state index in [0.29, 0.717) is 28.6 Å². The van der Waals surface area contributed by atoms with Crippen molar-refractivity contribution in [2.24, 2.45) is 0 Å². The van der Waals surface area contributed by atoms with Crippen LogP contribution in [0, 0.1) is 6.92 Å². The van der Waals surface area contributed by atoms with Gasteiger partial charge >= 0.3 is 0 Å². The average Bonchev–Trinajstić information content (AvgIpc) is 2.97. The molecule has 25 heavy (non-hydrogen) atoms. The lowest BCUT2D eigenvalue weighted by atomic mass is 10.2. The van der Waals surface area contributed by atoms with Gasteiger partial charge in [-0.2, -0.15) is 20.1 Å². The van der Waals surface area contributed by atoms with E-state index in [1.54, 1.807) is 0 Å². The van der Waals surface area contributed by atoms with Gasteiger partial charge in [-0.05, 0) is 30.7 Å². The molecule has 0 spiro atoms. The van der Waals surface area contributed by atoms with Crippen LogP contribution in [0.1, 0.15) is 17.1 Å². The van der Waals surface area contributed by atoms with Crippen molar-refractivity contribution >= 4 is 41.5 Å². The Morgan fingerprint density at radius 3 is 2.64 bits per heavy atom. The van der Waals surface area contributed by atoms with Crippen molar-refractivity contribution < 1.29 is 0 Å². The number of nitrogens with zero attached hydrogens (tertiary/aromatic N) is 5. The molecule has 0 fully saturated rings. The topological polar surface area (TPSA) is 82.6 Å². The number of nitrogens with one attached hydrogen (secondary N) is 2. The Hall–Kier alpha value is -2.93. The quantitative estimate of drug-likeness (QED) is 0.728. The Bertz CT molecular complexity index is 902. The number of anilines is 3. The first-order chi connectivity index (χ1) is 12.0. The van der Waals surface area contributed by atoms with E-state index in [-0.39, 0.29) is 0 Å². The normalized spacial score (nSPS) is 11.0. The minimum absolute atomic E-state index is 0.427. The van der Waals surface area contributed by atoms with Crippen molar-refractivity contribution in [3.63, 3.8) is 0 Å². The zero-order valence-electron chi connectivity index (χ0n) is 14.2. The molecule has 0 atom stereocenters. The number of hydrogen-bond donors (Lipinski definition) is 2. The first-order valence-corrected chi connectivity index (χ1v) is 8.03. The number of hydrogen-bond acceptors (Lipinski definition) is 6. The van der Waals surface area contributed by atoms with Gasteiger partial charge in [-0.3, -0.25) is 5.10 Å². The number of aryl methyl sites for hydroxylation is 1. The maximum absolute atomic E-state index is 6.01. The summed E-state index contributed by atoms with van der Waals surface area (Å²) in [5, 5.41) is 10.8. The molecule has 128 valence electrons. The molecule has 0 unspecified atom stereocenters. The predicted molar refractivity (Wildman–Crippen MR) is 101 cm³/mol. The zero-order valence-corrected chi connectivity index (χ0v) is 14.9. The summed E-state index contributed by atoms with van der Waals surface area (Å²) in [5.74, 6) is 2.16. The smallest absolute Gasteiger partial charge is 0.233 e. The molecular formula is C17H18ClN7. The van der Waals surface area contributed by atoms with Gasteiger partial charge in [-0.1, -0.05) is 29.8 Å². The predicted octanol–water partition coefficient (Wildman–Crippen LogP) is 3.54. The summed E-state index contributed by atoms with van der Waals surface area (Å²) in [7, 11) is 3.75. The third kappa shape index (κ3) is 4.54. The third-order valence-electron chi connectivity index (χ3n) is 3.26. The van der Waals surface area contributed by atoms with Crippen molar-refractivity contribution in [3.05, 3.63) is 52.4 Å². The molecule has 0 bridgehead atoms. The lowest BCUT2D eigenvalue weighted by Gasteiger charge is -2.11. The Morgan fingerprint density at radius 1 is 1.12 bits per heavy atom. The summed E-state index contributed by atoms with van der Waals surface area (Å²) in [6, 6.07) is 9.44. The second kappa shape index (κ2) is 7.31. The van der Waals surface area contributed by atoms with Gasteiger partial charge in [-0.25, -0.2) is 0 Å². The highest BCUT2D eigenvalue weighted by atomic mass is 35.5. The highest BCUT2D eigenvalue weighted by Gasteiger charge is 2.08. The van der Waals surface area contributed by atoms with Crippen LogP contribution >= 0.6 is 11.6 Å². The largest absolute Gasteiger partial charge is 0.347 e. The summed E-state index contributed by atoms with van der Waals surface area (Å²) >= 11 is 6.01. The molecule has 3 aromatic rings. The standard InChI is InChI=1S/C17H18ClN7/c1-11-9-15(24-23-11)20-16-19-14(21-17(22-16)25(2)3)8-7-12-5-4-6-13(18)10-12/h4-10H,1-3H3,(H2,19,20,21,22,23,24)/b8-7+. The molecule has 0 saturated heterocycles. The molecule has 0 aliphatic heterocycles. The molecule has 7 nitrogen and oxygen atoms in total. The molecule has 1 aromatic carbocycles. The number of aromatic nitrogens is 5. The van der Waals surface area contributed by atoms with E-state index in [4.69, 9.17) is 11.6 Å². The minimum Gasteiger partial charge on any atom is -0.347 e. The maximum Gasteiger partial charge on any atom is 0.233 e. The van der Waals surface area contributed by atoms with Gasteiger partial charge in [0.15, 0.2) is 11.6 Å². The monoisotopic (exact) mass is 355 g/mol. The number of rotatable bonds is 5. The van der Waals surface area contributed by atoms with Crippen LogP contribution in [0.25, 0.3) is 12.2 Å². The molecule has 2 heterocycles. The van der Waals surface area contributed by atoms with Crippen molar-refractivity contribution in [2.45, 2.75) is 6.92 Å². The van der Waals surface area contributed by atoms with Gasteiger partial charge < -0.3 is 10.2 Å². The number of aromatic amines is 1. The summed E-state index contributed by atoms with van der Waals surface area (Å²) in [4.78, 5) is 15.1. The van der Waals surface area contributed by atoms with Crippen molar-refractivity contribution in [3.8, 4) is 0 Å². The zero-order chi connectivity index (χ0) is 17.8. The molecule has 0 aliphatic carbocycles. The number of halogens is 1. The van der Waals surface area contributed by atoms with Gasteiger partial charge in [0, 0.05) is 30.9 Å². The average molecular weight is 356 g/mol. The minimum atomic E-state index is 0.427. The van der Waals surface area contributed by atoms with E-state index in [1.165, 1.54) is 0 Å². The van der Waals surface area contributed by atoms with Gasteiger partial charge in [0.1, 0.15) is 0 Å². The van der Waals surface area contributed by atoms with Crippen LogP contribution in [-0.4, -0.2) is 39.2 Å². The Balaban J connectivity index is 1.89. The van der Waals surface area contributed by atoms with Crippen LogP contribution in [0.2, 0.25) is 5.02 Å². The van der Waals surface area contributed by atoms with Crippen LogP contribution in [-0.2, 0) is 0 Å². The summed E-state index contributed by atoms with van der Waals surface area (Å²) < 4.78 is 0. The highest BCUT2D eigenvalue weighted by Crippen LogP contribution is 2.16. The van der Waals surface area contributed by atoms with E-state index in [1.807, 2.05) is 68.4 Å². The molecule has 8 heteroatoms. The van der Waals surface area contributed by atoms with Gasteiger partial charge in [0.05, 0.1) is 0 Å². The SMILES string of the molecule is Cc1cc(Nc2nc(/C=C/c3cccc(Cl)c3)nc(N(C)C)n2)n[nH]1. The fourth-order valence-electron chi connectivity index (χ4n) is 2.09. The molecule has 0 saturated carbocycles. The maximum atomic E-state index is 6.01. The van der Waals surface area contributed by atoms with E-state index in [2.05, 4.69) is 30.5 Å². The molecule has 0 aliphatic rings. The first kappa shape index (κ1) is 16.9. The summed E-state index contributed by atoms with van der Waals surface area (Å²) in [6.45, 7) is 1.93. The number of H-pyrrole nitrogens is 1. The molecule has 2 aromatic heterocycles.